The van der Waals surface area contributed by atoms with Crippen LogP contribution in [0.25, 0.3) is 0 Å². The van der Waals surface area contributed by atoms with Gasteiger partial charge < -0.3 is 19.9 Å². The molecule has 8 nitrogen and oxygen atoms in total. The van der Waals surface area contributed by atoms with Crippen molar-refractivity contribution in [1.29, 1.82) is 0 Å². The molecule has 2 aliphatic heterocycles. The van der Waals surface area contributed by atoms with E-state index in [4.69, 9.17) is 9.72 Å². The maximum Gasteiger partial charge on any atom is 0.225 e. The fourth-order valence-electron chi connectivity index (χ4n) is 3.74. The summed E-state index contributed by atoms with van der Waals surface area (Å²) in [6.45, 7) is 3.23. The number of nitrogens with zero attached hydrogens (tertiary/aromatic N) is 4. The summed E-state index contributed by atoms with van der Waals surface area (Å²) in [7, 11) is 3.21. The molecule has 0 unspecified atom stereocenters. The lowest BCUT2D eigenvalue weighted by Gasteiger charge is -2.19. The monoisotopic (exact) mass is 397 g/mol. The minimum atomic E-state index is -0.298. The molecule has 150 valence electrons. The summed E-state index contributed by atoms with van der Waals surface area (Å²) in [4.78, 5) is 37.8. The van der Waals surface area contributed by atoms with Gasteiger partial charge in [-0.2, -0.15) is 0 Å². The van der Waals surface area contributed by atoms with Crippen molar-refractivity contribution in [3.05, 3.63) is 18.0 Å². The van der Waals surface area contributed by atoms with E-state index >= 15 is 0 Å². The van der Waals surface area contributed by atoms with Gasteiger partial charge in [-0.05, 0) is 18.9 Å². The third-order valence-electron chi connectivity index (χ3n) is 5.21. The highest BCUT2D eigenvalue weighted by molar-refractivity contribution is 5.85. The molecular formula is C18H28ClN5O3. The van der Waals surface area contributed by atoms with Crippen LogP contribution < -0.4 is 10.2 Å². The van der Waals surface area contributed by atoms with Gasteiger partial charge in [-0.3, -0.25) is 9.59 Å². The Morgan fingerprint density at radius 1 is 1.30 bits per heavy atom. The van der Waals surface area contributed by atoms with Gasteiger partial charge in [0, 0.05) is 52.5 Å². The van der Waals surface area contributed by atoms with Gasteiger partial charge in [-0.1, -0.05) is 0 Å². The van der Waals surface area contributed by atoms with Gasteiger partial charge in [0.1, 0.15) is 0 Å². The van der Waals surface area contributed by atoms with Crippen LogP contribution in [0.3, 0.4) is 0 Å². The van der Waals surface area contributed by atoms with Crippen LogP contribution in [0, 0.1) is 5.92 Å². The first-order valence-electron chi connectivity index (χ1n) is 9.20. The van der Waals surface area contributed by atoms with Crippen LogP contribution in [0.1, 0.15) is 30.9 Å². The maximum atomic E-state index is 12.4. The number of hydrogen-bond donors (Lipinski definition) is 1. The van der Waals surface area contributed by atoms with E-state index in [1.807, 2.05) is 6.07 Å². The van der Waals surface area contributed by atoms with Gasteiger partial charge in [-0.25, -0.2) is 9.97 Å². The number of rotatable bonds is 6. The van der Waals surface area contributed by atoms with Gasteiger partial charge in [0.2, 0.25) is 17.8 Å². The molecule has 0 aliphatic carbocycles. The number of ether oxygens (including phenoxy) is 1. The summed E-state index contributed by atoms with van der Waals surface area (Å²) in [5, 5.41) is 2.72. The first-order valence-corrected chi connectivity index (χ1v) is 9.20. The van der Waals surface area contributed by atoms with Crippen molar-refractivity contribution >= 4 is 30.2 Å². The SMILES string of the molecule is CNC(=O)[C@@H]1CN(C(=O)CCOC)C[C@H]1c1ccnc(N2CCCC2)n1.Cl. The van der Waals surface area contributed by atoms with Gasteiger partial charge in [0.15, 0.2) is 0 Å². The van der Waals surface area contributed by atoms with Gasteiger partial charge in [0.25, 0.3) is 0 Å². The predicted octanol–water partition coefficient (Wildman–Crippen LogP) is 0.823. The molecule has 2 amide bonds. The Morgan fingerprint density at radius 2 is 2.04 bits per heavy atom. The topological polar surface area (TPSA) is 87.7 Å². The molecule has 0 radical (unpaired) electrons. The zero-order valence-corrected chi connectivity index (χ0v) is 16.7. The van der Waals surface area contributed by atoms with Crippen molar-refractivity contribution in [1.82, 2.24) is 20.2 Å². The lowest BCUT2D eigenvalue weighted by atomic mass is 9.92. The van der Waals surface area contributed by atoms with Crippen LogP contribution in [0.15, 0.2) is 12.3 Å². The second-order valence-corrected chi connectivity index (χ2v) is 6.84. The van der Waals surface area contributed by atoms with Crippen molar-refractivity contribution in [2.24, 2.45) is 5.92 Å². The zero-order valence-electron chi connectivity index (χ0n) is 15.9. The third-order valence-corrected chi connectivity index (χ3v) is 5.21. The molecule has 2 atom stereocenters. The van der Waals surface area contributed by atoms with E-state index in [9.17, 15) is 9.59 Å². The highest BCUT2D eigenvalue weighted by atomic mass is 35.5. The van der Waals surface area contributed by atoms with Gasteiger partial charge in [-0.15, -0.1) is 12.4 Å². The number of halogens is 1. The molecule has 2 aliphatic rings. The number of carbonyl (C=O) groups excluding carboxylic acids is 2. The largest absolute Gasteiger partial charge is 0.384 e. The van der Waals surface area contributed by atoms with E-state index in [1.54, 1.807) is 25.3 Å². The molecule has 3 rings (SSSR count). The first kappa shape index (κ1) is 21.4. The minimum Gasteiger partial charge on any atom is -0.384 e. The highest BCUT2D eigenvalue weighted by Crippen LogP contribution is 2.33. The zero-order chi connectivity index (χ0) is 18.5. The number of hydrogen-bond acceptors (Lipinski definition) is 6. The maximum absolute atomic E-state index is 12.4. The van der Waals surface area contributed by atoms with Crippen LogP contribution in [0.2, 0.25) is 0 Å². The number of methoxy groups -OCH3 is 1. The summed E-state index contributed by atoms with van der Waals surface area (Å²) in [6.07, 6.45) is 4.39. The fourth-order valence-corrected chi connectivity index (χ4v) is 3.74. The molecule has 0 aromatic carbocycles. The number of carbonyl (C=O) groups is 2. The molecule has 2 saturated heterocycles. The molecule has 1 aromatic rings. The fraction of sp³-hybridized carbons (Fsp3) is 0.667. The number of amides is 2. The molecular weight excluding hydrogens is 370 g/mol. The summed E-state index contributed by atoms with van der Waals surface area (Å²) in [6, 6.07) is 1.86. The van der Waals surface area contributed by atoms with Crippen molar-refractivity contribution < 1.29 is 14.3 Å². The average molecular weight is 398 g/mol. The van der Waals surface area contributed by atoms with E-state index in [1.165, 1.54) is 0 Å². The van der Waals surface area contributed by atoms with E-state index in [0.29, 0.717) is 26.1 Å². The molecule has 3 heterocycles. The van der Waals surface area contributed by atoms with Gasteiger partial charge in [0.05, 0.1) is 24.6 Å². The highest BCUT2D eigenvalue weighted by Gasteiger charge is 2.40. The Kier molecular flexibility index (Phi) is 7.79. The molecule has 1 aromatic heterocycles. The van der Waals surface area contributed by atoms with Crippen LogP contribution in [0.4, 0.5) is 5.95 Å². The summed E-state index contributed by atoms with van der Waals surface area (Å²) in [5.74, 6) is 0.258. The normalized spacial score (nSPS) is 21.9. The van der Waals surface area contributed by atoms with Crippen molar-refractivity contribution in [2.45, 2.75) is 25.2 Å². The minimum absolute atomic E-state index is 0. The molecule has 0 bridgehead atoms. The first-order chi connectivity index (χ1) is 12.6. The summed E-state index contributed by atoms with van der Waals surface area (Å²) >= 11 is 0. The van der Waals surface area contributed by atoms with Gasteiger partial charge >= 0.3 is 0 Å². The van der Waals surface area contributed by atoms with Crippen LogP contribution in [-0.4, -0.2) is 73.6 Å². The predicted molar refractivity (Wildman–Crippen MR) is 104 cm³/mol. The standard InChI is InChI=1S/C18H27N5O3.ClH/c1-19-17(25)14-12-23(16(24)6-10-26-2)11-13(14)15-5-7-20-18(21-15)22-8-3-4-9-22;/h5,7,13-14H,3-4,6,8-12H2,1-2H3,(H,19,25);1H/t13-,14-;/m1./s1. The summed E-state index contributed by atoms with van der Waals surface area (Å²) in [5.41, 5.74) is 0.831. The Morgan fingerprint density at radius 3 is 2.70 bits per heavy atom. The quantitative estimate of drug-likeness (QED) is 0.764. The molecule has 0 saturated carbocycles. The third kappa shape index (κ3) is 4.87. The second-order valence-electron chi connectivity index (χ2n) is 6.84. The Hall–Kier alpha value is -1.93. The molecule has 0 spiro atoms. The Balaban J connectivity index is 0.00000261. The second kappa shape index (κ2) is 9.85. The number of aromatic nitrogens is 2. The molecule has 27 heavy (non-hydrogen) atoms. The number of anilines is 1. The molecule has 9 heteroatoms. The Bertz CT molecular complexity index is 654. The van der Waals surface area contributed by atoms with Crippen molar-refractivity contribution in [3.63, 3.8) is 0 Å². The van der Waals surface area contributed by atoms with E-state index < -0.39 is 0 Å². The van der Waals surface area contributed by atoms with Crippen LogP contribution >= 0.6 is 12.4 Å². The smallest absolute Gasteiger partial charge is 0.225 e. The average Bonchev–Trinajstić information content (AvgIpc) is 3.35. The Labute approximate surface area is 166 Å². The number of likely N-dealkylation sites (tertiary alicyclic amines) is 1. The van der Waals surface area contributed by atoms with E-state index in [-0.39, 0.29) is 36.1 Å². The summed E-state index contributed by atoms with van der Waals surface area (Å²) < 4.78 is 5.00. The van der Waals surface area contributed by atoms with Crippen molar-refractivity contribution in [2.75, 3.05) is 51.8 Å². The number of nitrogens with one attached hydrogen (secondary N) is 1. The molecule has 2 fully saturated rings. The lowest BCUT2D eigenvalue weighted by molar-refractivity contribution is -0.131. The van der Waals surface area contributed by atoms with Crippen LogP contribution in [0.5, 0.6) is 0 Å². The lowest BCUT2D eigenvalue weighted by Crippen LogP contribution is -2.34. The van der Waals surface area contributed by atoms with Crippen molar-refractivity contribution in [3.8, 4) is 0 Å². The van der Waals surface area contributed by atoms with Crippen LogP contribution in [-0.2, 0) is 14.3 Å². The van der Waals surface area contributed by atoms with E-state index in [0.717, 1.165) is 37.6 Å². The molecule has 1 N–H and O–H groups in total. The van der Waals surface area contributed by atoms with E-state index in [2.05, 4.69) is 15.2 Å².